The van der Waals surface area contributed by atoms with E-state index in [2.05, 4.69) is 31.5 Å². The van der Waals surface area contributed by atoms with E-state index >= 15 is 0 Å². The molecule has 0 bridgehead atoms. The fraction of sp³-hybridized carbons (Fsp3) is 0.455. The summed E-state index contributed by atoms with van der Waals surface area (Å²) in [4.78, 5) is 36.4. The molecule has 162 valence electrons. The monoisotopic (exact) mass is 421 g/mol. The van der Waals surface area contributed by atoms with Crippen molar-refractivity contribution in [3.63, 3.8) is 0 Å². The van der Waals surface area contributed by atoms with Crippen LogP contribution in [0.3, 0.4) is 0 Å². The standard InChI is InChI=1S/C22H27N7O2/c1-13-14(2)26-19(28-18(13)23-8-7-15-9-24-25-10-15)20(30)29-11-22(12-29)16-5-3-4-6-17(16)27-21(22)31/h3-6,15,24-25H,7-12H2,1-2H3,(H,27,31)(H,23,26,28). The Labute approximate surface area is 181 Å². The van der Waals surface area contributed by atoms with Crippen molar-refractivity contribution >= 4 is 23.3 Å². The second kappa shape index (κ2) is 7.58. The number of anilines is 2. The SMILES string of the molecule is Cc1nc(C(=O)N2CC3(C2)C(=O)Nc2ccccc23)nc(NCCC2CNNC2)c1C. The van der Waals surface area contributed by atoms with E-state index in [1.807, 2.05) is 38.1 Å². The number of aryl methyl sites for hydroxylation is 1. The van der Waals surface area contributed by atoms with Gasteiger partial charge in [0.15, 0.2) is 0 Å². The van der Waals surface area contributed by atoms with Gasteiger partial charge >= 0.3 is 0 Å². The average Bonchev–Trinajstić information content (AvgIpc) is 3.34. The van der Waals surface area contributed by atoms with Gasteiger partial charge in [0, 0.05) is 49.7 Å². The highest BCUT2D eigenvalue weighted by molar-refractivity contribution is 6.09. The van der Waals surface area contributed by atoms with E-state index in [4.69, 9.17) is 0 Å². The van der Waals surface area contributed by atoms with Gasteiger partial charge in [0.25, 0.3) is 5.91 Å². The first-order valence-corrected chi connectivity index (χ1v) is 10.7. The number of hydrogen-bond donors (Lipinski definition) is 4. The topological polar surface area (TPSA) is 111 Å². The second-order valence-electron chi connectivity index (χ2n) is 8.69. The number of amides is 2. The van der Waals surface area contributed by atoms with Crippen LogP contribution in [0.15, 0.2) is 24.3 Å². The maximum absolute atomic E-state index is 13.1. The summed E-state index contributed by atoms with van der Waals surface area (Å²) in [6, 6.07) is 7.68. The number of para-hydroxylation sites is 1. The Kier molecular flexibility index (Phi) is 4.86. The molecule has 5 rings (SSSR count). The number of carbonyl (C=O) groups excluding carboxylic acids is 2. The molecule has 2 amide bonds. The van der Waals surface area contributed by atoms with Gasteiger partial charge < -0.3 is 15.5 Å². The second-order valence-corrected chi connectivity index (χ2v) is 8.69. The minimum absolute atomic E-state index is 0.0444. The molecule has 1 aromatic carbocycles. The minimum atomic E-state index is -0.656. The van der Waals surface area contributed by atoms with Crippen LogP contribution in [-0.2, 0) is 10.2 Å². The van der Waals surface area contributed by atoms with Crippen molar-refractivity contribution < 1.29 is 9.59 Å². The minimum Gasteiger partial charge on any atom is -0.370 e. The quantitative estimate of drug-likeness (QED) is 0.569. The Bertz CT molecular complexity index is 1040. The number of fused-ring (bicyclic) bond motifs is 2. The van der Waals surface area contributed by atoms with Crippen molar-refractivity contribution in [2.75, 3.05) is 43.4 Å². The summed E-state index contributed by atoms with van der Waals surface area (Å²) in [5, 5.41) is 6.31. The van der Waals surface area contributed by atoms with Crippen molar-refractivity contribution in [1.82, 2.24) is 25.7 Å². The lowest BCUT2D eigenvalue weighted by Gasteiger charge is -2.46. The Morgan fingerprint density at radius 3 is 2.71 bits per heavy atom. The summed E-state index contributed by atoms with van der Waals surface area (Å²) in [5.41, 5.74) is 9.15. The summed E-state index contributed by atoms with van der Waals surface area (Å²) in [6.07, 6.45) is 1.01. The molecule has 0 radical (unpaired) electrons. The zero-order chi connectivity index (χ0) is 21.6. The number of hydrogen-bond acceptors (Lipinski definition) is 7. The van der Waals surface area contributed by atoms with E-state index in [0.717, 1.165) is 48.6 Å². The van der Waals surface area contributed by atoms with E-state index in [1.54, 1.807) is 4.90 Å². The van der Waals surface area contributed by atoms with Crippen LogP contribution in [0.2, 0.25) is 0 Å². The van der Waals surface area contributed by atoms with Gasteiger partial charge in [-0.05, 0) is 37.8 Å². The molecule has 3 aliphatic heterocycles. The van der Waals surface area contributed by atoms with Gasteiger partial charge in [-0.1, -0.05) is 18.2 Å². The van der Waals surface area contributed by atoms with Crippen LogP contribution in [0.4, 0.5) is 11.5 Å². The van der Waals surface area contributed by atoms with Crippen LogP contribution >= 0.6 is 0 Å². The summed E-state index contributed by atoms with van der Waals surface area (Å²) >= 11 is 0. The van der Waals surface area contributed by atoms with Gasteiger partial charge in [0.1, 0.15) is 11.2 Å². The fourth-order valence-electron chi connectivity index (χ4n) is 4.58. The normalized spacial score (nSPS) is 19.3. The highest BCUT2D eigenvalue weighted by Gasteiger charge is 2.56. The van der Waals surface area contributed by atoms with Crippen molar-refractivity contribution in [2.45, 2.75) is 25.7 Å². The van der Waals surface area contributed by atoms with Crippen LogP contribution in [-0.4, -0.2) is 59.4 Å². The van der Waals surface area contributed by atoms with Gasteiger partial charge in [0.2, 0.25) is 11.7 Å². The fourth-order valence-corrected chi connectivity index (χ4v) is 4.58. The third kappa shape index (κ3) is 3.34. The summed E-state index contributed by atoms with van der Waals surface area (Å²) in [5.74, 6) is 1.18. The maximum Gasteiger partial charge on any atom is 0.291 e. The largest absolute Gasteiger partial charge is 0.370 e. The zero-order valence-electron chi connectivity index (χ0n) is 17.8. The average molecular weight is 422 g/mol. The van der Waals surface area contributed by atoms with E-state index in [9.17, 15) is 9.59 Å². The third-order valence-corrected chi connectivity index (χ3v) is 6.67. The van der Waals surface area contributed by atoms with Crippen LogP contribution in [0, 0.1) is 19.8 Å². The third-order valence-electron chi connectivity index (χ3n) is 6.67. The Balaban J connectivity index is 1.29. The number of rotatable bonds is 5. The molecule has 1 aromatic heterocycles. The van der Waals surface area contributed by atoms with E-state index in [1.165, 1.54) is 0 Å². The number of aromatic nitrogens is 2. The van der Waals surface area contributed by atoms with Crippen LogP contribution < -0.4 is 21.5 Å². The van der Waals surface area contributed by atoms with Crippen molar-refractivity contribution in [3.8, 4) is 0 Å². The number of hydrazine groups is 1. The molecule has 1 spiro atoms. The number of nitrogens with zero attached hydrogens (tertiary/aromatic N) is 3. The van der Waals surface area contributed by atoms with Crippen molar-refractivity contribution in [2.24, 2.45) is 5.92 Å². The Morgan fingerprint density at radius 2 is 1.94 bits per heavy atom. The predicted molar refractivity (Wildman–Crippen MR) is 117 cm³/mol. The maximum atomic E-state index is 13.1. The first kappa shape index (κ1) is 19.9. The van der Waals surface area contributed by atoms with Crippen LogP contribution in [0.25, 0.3) is 0 Å². The lowest BCUT2D eigenvalue weighted by molar-refractivity contribution is -0.125. The molecule has 3 aliphatic rings. The predicted octanol–water partition coefficient (Wildman–Crippen LogP) is 0.965. The lowest BCUT2D eigenvalue weighted by atomic mass is 9.74. The summed E-state index contributed by atoms with van der Waals surface area (Å²) in [7, 11) is 0. The summed E-state index contributed by atoms with van der Waals surface area (Å²) < 4.78 is 0. The molecule has 0 saturated carbocycles. The van der Waals surface area contributed by atoms with Crippen molar-refractivity contribution in [3.05, 3.63) is 46.9 Å². The van der Waals surface area contributed by atoms with E-state index in [-0.39, 0.29) is 17.6 Å². The van der Waals surface area contributed by atoms with Crippen LogP contribution in [0.1, 0.15) is 33.9 Å². The first-order valence-electron chi connectivity index (χ1n) is 10.7. The molecule has 2 saturated heterocycles. The van der Waals surface area contributed by atoms with Gasteiger partial charge in [0.05, 0.1) is 0 Å². The van der Waals surface area contributed by atoms with Gasteiger partial charge in [-0.3, -0.25) is 20.4 Å². The molecular weight excluding hydrogens is 394 g/mol. The van der Waals surface area contributed by atoms with Crippen molar-refractivity contribution in [1.29, 1.82) is 0 Å². The van der Waals surface area contributed by atoms with Gasteiger partial charge in [-0.15, -0.1) is 0 Å². The smallest absolute Gasteiger partial charge is 0.291 e. The molecule has 0 atom stereocenters. The highest BCUT2D eigenvalue weighted by atomic mass is 16.2. The molecule has 9 nitrogen and oxygen atoms in total. The zero-order valence-corrected chi connectivity index (χ0v) is 17.8. The molecule has 4 heterocycles. The molecule has 2 aromatic rings. The Morgan fingerprint density at radius 1 is 1.19 bits per heavy atom. The summed E-state index contributed by atoms with van der Waals surface area (Å²) in [6.45, 7) is 7.24. The van der Waals surface area contributed by atoms with E-state index < -0.39 is 5.41 Å². The molecular formula is C22H27N7O2. The Hall–Kier alpha value is -3.04. The molecule has 9 heteroatoms. The number of carbonyl (C=O) groups is 2. The van der Waals surface area contributed by atoms with E-state index in [0.29, 0.717) is 24.8 Å². The molecule has 0 unspecified atom stereocenters. The molecule has 4 N–H and O–H groups in total. The highest BCUT2D eigenvalue weighted by Crippen LogP contribution is 2.44. The van der Waals surface area contributed by atoms with Gasteiger partial charge in [-0.25, -0.2) is 9.97 Å². The molecule has 2 fully saturated rings. The lowest BCUT2D eigenvalue weighted by Crippen LogP contribution is -2.64. The number of benzene rings is 1. The van der Waals surface area contributed by atoms with Crippen LogP contribution in [0.5, 0.6) is 0 Å². The first-order chi connectivity index (χ1) is 15.0. The number of likely N-dealkylation sites (tertiary alicyclic amines) is 1. The van der Waals surface area contributed by atoms with Gasteiger partial charge in [-0.2, -0.15) is 0 Å². The number of nitrogens with one attached hydrogen (secondary N) is 4. The molecule has 31 heavy (non-hydrogen) atoms. The molecule has 0 aliphatic carbocycles.